The Labute approximate surface area is 150 Å². The first-order valence-electron chi connectivity index (χ1n) is 8.71. The van der Waals surface area contributed by atoms with E-state index in [1.54, 1.807) is 29.7 Å². The second-order valence-electron chi connectivity index (χ2n) is 6.20. The van der Waals surface area contributed by atoms with Crippen molar-refractivity contribution in [1.82, 2.24) is 9.55 Å². The van der Waals surface area contributed by atoms with Crippen molar-refractivity contribution in [2.24, 2.45) is 0 Å². The Morgan fingerprint density at radius 3 is 2.85 bits per heavy atom. The highest BCUT2D eigenvalue weighted by Crippen LogP contribution is 2.29. The predicted octanol–water partition coefficient (Wildman–Crippen LogP) is 3.13. The number of anilines is 1. The Balaban J connectivity index is 1.72. The summed E-state index contributed by atoms with van der Waals surface area (Å²) in [4.78, 5) is 29.6. The number of aromatic nitrogens is 2. The largest absolute Gasteiger partial charge is 0.462 e. The smallest absolute Gasteiger partial charge is 0.340 e. The molecule has 1 aliphatic rings. The van der Waals surface area contributed by atoms with Crippen molar-refractivity contribution < 1.29 is 9.53 Å². The first kappa shape index (κ1) is 16.3. The molecule has 0 amide bonds. The molecule has 6 nitrogen and oxygen atoms in total. The first-order valence-corrected chi connectivity index (χ1v) is 8.71. The molecule has 3 aromatic rings. The number of fused-ring (bicyclic) bond motifs is 2. The van der Waals surface area contributed by atoms with Crippen LogP contribution in [0.15, 0.2) is 53.3 Å². The van der Waals surface area contributed by atoms with Gasteiger partial charge < -0.3 is 10.1 Å². The van der Waals surface area contributed by atoms with Crippen LogP contribution in [0.1, 0.15) is 35.6 Å². The summed E-state index contributed by atoms with van der Waals surface area (Å²) in [5.41, 5.74) is 1.84. The van der Waals surface area contributed by atoms with Crippen molar-refractivity contribution in [3.63, 3.8) is 0 Å². The van der Waals surface area contributed by atoms with Crippen LogP contribution >= 0.6 is 0 Å². The van der Waals surface area contributed by atoms with Crippen LogP contribution in [0.2, 0.25) is 0 Å². The Morgan fingerprint density at radius 1 is 1.23 bits per heavy atom. The van der Waals surface area contributed by atoms with Crippen LogP contribution in [-0.2, 0) is 11.3 Å². The number of carbonyl (C=O) groups excluding carboxylic acids is 1. The molecule has 0 radical (unpaired) electrons. The van der Waals surface area contributed by atoms with Gasteiger partial charge in [0.05, 0.1) is 29.1 Å². The minimum absolute atomic E-state index is 0.0198. The van der Waals surface area contributed by atoms with Gasteiger partial charge in [0.2, 0.25) is 0 Å². The maximum atomic E-state index is 12.7. The number of esters is 1. The highest BCUT2D eigenvalue weighted by Gasteiger charge is 2.27. The van der Waals surface area contributed by atoms with E-state index in [1.807, 2.05) is 30.3 Å². The molecule has 0 bridgehead atoms. The van der Waals surface area contributed by atoms with Crippen molar-refractivity contribution >= 4 is 22.6 Å². The Bertz CT molecular complexity index is 1040. The van der Waals surface area contributed by atoms with Gasteiger partial charge in [-0.1, -0.05) is 24.3 Å². The fourth-order valence-corrected chi connectivity index (χ4v) is 3.37. The SMILES string of the molecule is CCOC(=O)c1ccccc1N[C@H]1CCn2c1nc1ccccc1c2=O. The van der Waals surface area contributed by atoms with E-state index in [2.05, 4.69) is 10.3 Å². The van der Waals surface area contributed by atoms with Crippen LogP contribution in [-0.4, -0.2) is 22.1 Å². The maximum Gasteiger partial charge on any atom is 0.340 e. The molecule has 0 unspecified atom stereocenters. The third-order valence-electron chi connectivity index (χ3n) is 4.60. The number of benzene rings is 2. The number of para-hydroxylation sites is 2. The second-order valence-corrected chi connectivity index (χ2v) is 6.20. The van der Waals surface area contributed by atoms with Gasteiger partial charge in [-0.2, -0.15) is 0 Å². The predicted molar refractivity (Wildman–Crippen MR) is 99.4 cm³/mol. The highest BCUT2D eigenvalue weighted by molar-refractivity contribution is 5.95. The standard InChI is InChI=1S/C20H19N3O3/c1-2-26-20(25)14-8-4-6-10-16(14)21-17-11-12-23-18(17)22-15-9-5-3-7-13(15)19(23)24/h3-10,17,21H,2,11-12H2,1H3/t17-/m0/s1. The minimum Gasteiger partial charge on any atom is -0.462 e. The molecule has 2 heterocycles. The van der Waals surface area contributed by atoms with Gasteiger partial charge in [0.15, 0.2) is 0 Å². The van der Waals surface area contributed by atoms with Gasteiger partial charge in [-0.25, -0.2) is 9.78 Å². The fraction of sp³-hybridized carbons (Fsp3) is 0.250. The highest BCUT2D eigenvalue weighted by atomic mass is 16.5. The monoisotopic (exact) mass is 349 g/mol. The molecule has 4 rings (SSSR count). The maximum absolute atomic E-state index is 12.7. The van der Waals surface area contributed by atoms with E-state index in [-0.39, 0.29) is 17.6 Å². The Morgan fingerprint density at radius 2 is 2.00 bits per heavy atom. The topological polar surface area (TPSA) is 73.2 Å². The normalized spacial score (nSPS) is 15.7. The summed E-state index contributed by atoms with van der Waals surface area (Å²) in [6, 6.07) is 14.5. The van der Waals surface area contributed by atoms with Crippen LogP contribution < -0.4 is 10.9 Å². The van der Waals surface area contributed by atoms with Crippen molar-refractivity contribution in [3.8, 4) is 0 Å². The zero-order valence-corrected chi connectivity index (χ0v) is 14.4. The number of hydrogen-bond acceptors (Lipinski definition) is 5. The molecule has 26 heavy (non-hydrogen) atoms. The molecule has 132 valence electrons. The van der Waals surface area contributed by atoms with Crippen LogP contribution in [0.25, 0.3) is 10.9 Å². The van der Waals surface area contributed by atoms with Gasteiger partial charge in [0.25, 0.3) is 5.56 Å². The number of nitrogens with zero attached hydrogens (tertiary/aromatic N) is 2. The van der Waals surface area contributed by atoms with Crippen molar-refractivity contribution in [3.05, 3.63) is 70.3 Å². The zero-order valence-electron chi connectivity index (χ0n) is 14.4. The molecular weight excluding hydrogens is 330 g/mol. The third kappa shape index (κ3) is 2.73. The summed E-state index contributed by atoms with van der Waals surface area (Å²) < 4.78 is 6.84. The zero-order chi connectivity index (χ0) is 18.1. The second kappa shape index (κ2) is 6.63. The van der Waals surface area contributed by atoms with E-state index < -0.39 is 0 Å². The van der Waals surface area contributed by atoms with E-state index in [1.165, 1.54) is 0 Å². The van der Waals surface area contributed by atoms with E-state index in [0.717, 1.165) is 6.42 Å². The van der Waals surface area contributed by atoms with Gasteiger partial charge in [0.1, 0.15) is 5.82 Å². The summed E-state index contributed by atoms with van der Waals surface area (Å²) in [5.74, 6) is 0.338. The lowest BCUT2D eigenvalue weighted by atomic mass is 10.1. The molecule has 0 spiro atoms. The molecule has 1 aliphatic heterocycles. The molecule has 1 atom stereocenters. The van der Waals surface area contributed by atoms with E-state index >= 15 is 0 Å². The summed E-state index contributed by atoms with van der Waals surface area (Å²) >= 11 is 0. The molecule has 1 aromatic heterocycles. The number of rotatable bonds is 4. The summed E-state index contributed by atoms with van der Waals surface area (Å²) in [7, 11) is 0. The molecular formula is C20H19N3O3. The summed E-state index contributed by atoms with van der Waals surface area (Å²) in [6.07, 6.45) is 0.732. The van der Waals surface area contributed by atoms with Gasteiger partial charge in [-0.05, 0) is 37.6 Å². The fourth-order valence-electron chi connectivity index (χ4n) is 3.37. The lowest BCUT2D eigenvalue weighted by molar-refractivity contribution is 0.0527. The Kier molecular flexibility index (Phi) is 4.16. The average Bonchev–Trinajstić information content (AvgIpc) is 3.06. The van der Waals surface area contributed by atoms with Crippen LogP contribution in [0.4, 0.5) is 5.69 Å². The lowest BCUT2D eigenvalue weighted by Gasteiger charge is -2.17. The minimum atomic E-state index is -0.363. The van der Waals surface area contributed by atoms with E-state index in [0.29, 0.717) is 41.1 Å². The van der Waals surface area contributed by atoms with Crippen LogP contribution in [0.3, 0.4) is 0 Å². The van der Waals surface area contributed by atoms with Gasteiger partial charge in [-0.3, -0.25) is 9.36 Å². The molecule has 0 saturated carbocycles. The lowest BCUT2D eigenvalue weighted by Crippen LogP contribution is -2.22. The van der Waals surface area contributed by atoms with Gasteiger partial charge in [-0.15, -0.1) is 0 Å². The molecule has 6 heteroatoms. The van der Waals surface area contributed by atoms with Gasteiger partial charge >= 0.3 is 5.97 Å². The molecule has 1 N–H and O–H groups in total. The van der Waals surface area contributed by atoms with Crippen molar-refractivity contribution in [2.75, 3.05) is 11.9 Å². The third-order valence-corrected chi connectivity index (χ3v) is 4.60. The van der Waals surface area contributed by atoms with Crippen LogP contribution in [0.5, 0.6) is 0 Å². The molecule has 0 aliphatic carbocycles. The molecule has 0 fully saturated rings. The quantitative estimate of drug-likeness (QED) is 0.733. The van der Waals surface area contributed by atoms with Crippen molar-refractivity contribution in [1.29, 1.82) is 0 Å². The average molecular weight is 349 g/mol. The molecule has 0 saturated heterocycles. The molecule has 2 aromatic carbocycles. The number of nitrogens with one attached hydrogen (secondary N) is 1. The van der Waals surface area contributed by atoms with Gasteiger partial charge in [0, 0.05) is 12.2 Å². The number of hydrogen-bond donors (Lipinski definition) is 1. The van der Waals surface area contributed by atoms with Crippen molar-refractivity contribution in [2.45, 2.75) is 25.9 Å². The van der Waals surface area contributed by atoms with E-state index in [9.17, 15) is 9.59 Å². The van der Waals surface area contributed by atoms with Crippen LogP contribution in [0, 0.1) is 0 Å². The van der Waals surface area contributed by atoms with E-state index in [4.69, 9.17) is 4.74 Å². The summed E-state index contributed by atoms with van der Waals surface area (Å²) in [5, 5.41) is 4.00. The number of ether oxygens (including phenoxy) is 1. The first-order chi connectivity index (χ1) is 12.7. The number of carbonyl (C=O) groups is 1. The summed E-state index contributed by atoms with van der Waals surface area (Å²) in [6.45, 7) is 2.70. The Hall–Kier alpha value is -3.15.